The molecule has 102 valence electrons. The molecule has 0 aliphatic rings. The lowest BCUT2D eigenvalue weighted by Gasteiger charge is -2.12. The Balaban J connectivity index is 2.11. The maximum absolute atomic E-state index is 9.23. The lowest BCUT2D eigenvalue weighted by Crippen LogP contribution is -1.96. The molecule has 3 N–H and O–H groups in total. The van der Waals surface area contributed by atoms with E-state index >= 15 is 0 Å². The zero-order chi connectivity index (χ0) is 14.8. The third-order valence-electron chi connectivity index (χ3n) is 3.30. The van der Waals surface area contributed by atoms with Crippen LogP contribution in [0.1, 0.15) is 5.56 Å². The number of nitrogens with one attached hydrogen (secondary N) is 1. The number of hydrogen-bond donors (Lipinski definition) is 2. The molecule has 0 bridgehead atoms. The normalized spacial score (nSPS) is 10.3. The number of nitrogens with two attached hydrogens (primary N) is 1. The Morgan fingerprint density at radius 2 is 1.67 bits per heavy atom. The molecule has 0 fully saturated rings. The summed E-state index contributed by atoms with van der Waals surface area (Å²) in [6.07, 6.45) is 0. The Labute approximate surface area is 131 Å². The lowest BCUT2D eigenvalue weighted by atomic mass is 10.1. The van der Waals surface area contributed by atoms with Crippen LogP contribution in [-0.2, 0) is 0 Å². The minimum absolute atomic E-state index is 0.530. The fourth-order valence-corrected chi connectivity index (χ4v) is 2.76. The maximum Gasteiger partial charge on any atom is 0.101 e. The van der Waals surface area contributed by atoms with Gasteiger partial charge in [-0.2, -0.15) is 5.26 Å². The van der Waals surface area contributed by atoms with E-state index in [9.17, 15) is 5.26 Å². The highest BCUT2D eigenvalue weighted by Gasteiger charge is 2.07. The van der Waals surface area contributed by atoms with Crippen LogP contribution in [0, 0.1) is 11.3 Å². The van der Waals surface area contributed by atoms with Gasteiger partial charge in [-0.1, -0.05) is 40.2 Å². The van der Waals surface area contributed by atoms with Crippen LogP contribution in [0.3, 0.4) is 0 Å². The van der Waals surface area contributed by atoms with Crippen molar-refractivity contribution in [3.05, 3.63) is 64.6 Å². The molecule has 4 heteroatoms. The molecule has 0 saturated heterocycles. The number of anilines is 3. The molecule has 0 amide bonds. The summed E-state index contributed by atoms with van der Waals surface area (Å²) in [7, 11) is 0. The maximum atomic E-state index is 9.23. The molecule has 3 aromatic carbocycles. The summed E-state index contributed by atoms with van der Waals surface area (Å²) in [4.78, 5) is 0. The molecule has 0 aliphatic heterocycles. The Morgan fingerprint density at radius 1 is 0.952 bits per heavy atom. The molecule has 3 nitrogen and oxygen atoms in total. The van der Waals surface area contributed by atoms with Crippen molar-refractivity contribution in [1.29, 1.82) is 5.26 Å². The van der Waals surface area contributed by atoms with Crippen LogP contribution in [0.15, 0.2) is 59.1 Å². The van der Waals surface area contributed by atoms with E-state index in [0.717, 1.165) is 26.6 Å². The third kappa shape index (κ3) is 2.56. The van der Waals surface area contributed by atoms with Crippen molar-refractivity contribution < 1.29 is 0 Å². The van der Waals surface area contributed by atoms with Gasteiger partial charge in [0.2, 0.25) is 0 Å². The van der Waals surface area contributed by atoms with E-state index in [4.69, 9.17) is 5.73 Å². The van der Waals surface area contributed by atoms with Crippen molar-refractivity contribution >= 4 is 43.8 Å². The quantitative estimate of drug-likeness (QED) is 0.660. The van der Waals surface area contributed by atoms with Gasteiger partial charge in [0.05, 0.1) is 11.3 Å². The van der Waals surface area contributed by atoms with Crippen molar-refractivity contribution in [3.8, 4) is 6.07 Å². The Kier molecular flexibility index (Phi) is 3.51. The minimum atomic E-state index is 0.530. The number of benzene rings is 3. The summed E-state index contributed by atoms with van der Waals surface area (Å²) in [5, 5.41) is 14.8. The Hall–Kier alpha value is -2.51. The van der Waals surface area contributed by atoms with Gasteiger partial charge in [-0.25, -0.2) is 0 Å². The Morgan fingerprint density at radius 3 is 2.43 bits per heavy atom. The molecule has 21 heavy (non-hydrogen) atoms. The van der Waals surface area contributed by atoms with E-state index in [-0.39, 0.29) is 0 Å². The van der Waals surface area contributed by atoms with E-state index in [1.165, 1.54) is 0 Å². The highest BCUT2D eigenvalue weighted by Crippen LogP contribution is 2.32. The van der Waals surface area contributed by atoms with Crippen LogP contribution in [0.2, 0.25) is 0 Å². The molecular weight excluding hydrogens is 326 g/mol. The number of hydrogen-bond acceptors (Lipinski definition) is 3. The zero-order valence-electron chi connectivity index (χ0n) is 11.1. The van der Waals surface area contributed by atoms with Crippen LogP contribution in [0.5, 0.6) is 0 Å². The molecule has 0 aromatic heterocycles. The number of halogens is 1. The number of nitrogens with zero attached hydrogens (tertiary/aromatic N) is 1. The molecular formula is C17H12BrN3. The second kappa shape index (κ2) is 5.47. The standard InChI is InChI=1S/C17H12BrN3/c18-15-6-8-17(14-4-2-1-3-13(14)15)21-16-7-5-12(20)9-11(16)10-19/h1-9,21H,20H2. The molecule has 3 rings (SSSR count). The molecule has 0 saturated carbocycles. The van der Waals surface area contributed by atoms with Crippen molar-refractivity contribution in [2.75, 3.05) is 11.1 Å². The average Bonchev–Trinajstić information content (AvgIpc) is 2.52. The highest BCUT2D eigenvalue weighted by atomic mass is 79.9. The van der Waals surface area contributed by atoms with Gasteiger partial charge in [0.15, 0.2) is 0 Å². The van der Waals surface area contributed by atoms with Crippen molar-refractivity contribution in [2.24, 2.45) is 0 Å². The number of nitrogen functional groups attached to an aromatic ring is 1. The fraction of sp³-hybridized carbons (Fsp3) is 0. The summed E-state index contributed by atoms with van der Waals surface area (Å²) < 4.78 is 1.04. The van der Waals surface area contributed by atoms with Gasteiger partial charge in [0, 0.05) is 21.2 Å². The van der Waals surface area contributed by atoms with Crippen molar-refractivity contribution in [1.82, 2.24) is 0 Å². The molecule has 0 heterocycles. The van der Waals surface area contributed by atoms with Gasteiger partial charge in [0.1, 0.15) is 6.07 Å². The topological polar surface area (TPSA) is 61.8 Å². The van der Waals surface area contributed by atoms with Crippen LogP contribution in [0.4, 0.5) is 17.1 Å². The first kappa shape index (κ1) is 13.5. The lowest BCUT2D eigenvalue weighted by molar-refractivity contribution is 1.46. The van der Waals surface area contributed by atoms with E-state index in [1.54, 1.807) is 12.1 Å². The van der Waals surface area contributed by atoms with Crippen molar-refractivity contribution in [2.45, 2.75) is 0 Å². The molecule has 0 atom stereocenters. The summed E-state index contributed by atoms with van der Waals surface area (Å²) in [5.74, 6) is 0. The minimum Gasteiger partial charge on any atom is -0.399 e. The van der Waals surface area contributed by atoms with Crippen molar-refractivity contribution in [3.63, 3.8) is 0 Å². The van der Waals surface area contributed by atoms with E-state index in [2.05, 4.69) is 33.4 Å². The first-order valence-corrected chi connectivity index (χ1v) is 7.22. The van der Waals surface area contributed by atoms with E-state index in [0.29, 0.717) is 11.3 Å². The van der Waals surface area contributed by atoms with E-state index in [1.807, 2.05) is 36.4 Å². The van der Waals surface area contributed by atoms with Gasteiger partial charge in [-0.15, -0.1) is 0 Å². The number of rotatable bonds is 2. The molecule has 0 radical (unpaired) electrons. The Bertz CT molecular complexity index is 866. The number of fused-ring (bicyclic) bond motifs is 1. The van der Waals surface area contributed by atoms with Gasteiger partial charge in [-0.05, 0) is 35.7 Å². The summed E-state index contributed by atoms with van der Waals surface area (Å²) in [6.45, 7) is 0. The second-order valence-corrected chi connectivity index (χ2v) is 5.54. The summed E-state index contributed by atoms with van der Waals surface area (Å²) in [5.41, 5.74) is 8.54. The SMILES string of the molecule is N#Cc1cc(N)ccc1Nc1ccc(Br)c2ccccc12. The molecule has 3 aromatic rings. The largest absolute Gasteiger partial charge is 0.399 e. The smallest absolute Gasteiger partial charge is 0.101 e. The van der Waals surface area contributed by atoms with Gasteiger partial charge < -0.3 is 11.1 Å². The third-order valence-corrected chi connectivity index (χ3v) is 4.00. The number of nitriles is 1. The van der Waals surface area contributed by atoms with Crippen LogP contribution in [-0.4, -0.2) is 0 Å². The predicted octanol–water partition coefficient (Wildman–Crippen LogP) is 4.80. The first-order valence-electron chi connectivity index (χ1n) is 6.43. The molecule has 0 spiro atoms. The van der Waals surface area contributed by atoms with E-state index < -0.39 is 0 Å². The van der Waals surface area contributed by atoms with Crippen LogP contribution < -0.4 is 11.1 Å². The predicted molar refractivity (Wildman–Crippen MR) is 90.5 cm³/mol. The molecule has 0 unspecified atom stereocenters. The monoisotopic (exact) mass is 337 g/mol. The van der Waals surface area contributed by atoms with Crippen LogP contribution >= 0.6 is 15.9 Å². The summed E-state index contributed by atoms with van der Waals surface area (Å²) in [6, 6.07) is 19.5. The second-order valence-electron chi connectivity index (χ2n) is 4.68. The first-order chi connectivity index (χ1) is 10.2. The van der Waals surface area contributed by atoms with Gasteiger partial charge >= 0.3 is 0 Å². The summed E-state index contributed by atoms with van der Waals surface area (Å²) >= 11 is 3.56. The van der Waals surface area contributed by atoms with Gasteiger partial charge in [-0.3, -0.25) is 0 Å². The van der Waals surface area contributed by atoms with Crippen LogP contribution in [0.25, 0.3) is 10.8 Å². The highest BCUT2D eigenvalue weighted by molar-refractivity contribution is 9.10. The fourth-order valence-electron chi connectivity index (χ4n) is 2.28. The van der Waals surface area contributed by atoms with Gasteiger partial charge in [0.25, 0.3) is 0 Å². The molecule has 0 aliphatic carbocycles. The zero-order valence-corrected chi connectivity index (χ0v) is 12.7. The average molecular weight is 338 g/mol.